The highest BCUT2D eigenvalue weighted by atomic mass is 35.5. The number of amides is 1. The molecule has 1 atom stereocenters. The standard InChI is InChI=1S/C24H27ClN4O3S/c1-16-13-19-5-4-6-22(23(19)26-15-16)33(31,32)29-11-9-28(10-12-29)18(3)24(30)27-21-14-20(25)8-7-17(21)2/h4-8,13-15,18H,9-12H2,1-3H3,(H,27,30). The van der Waals surface area contributed by atoms with Crippen LogP contribution in [0.25, 0.3) is 10.9 Å². The predicted molar refractivity (Wildman–Crippen MR) is 131 cm³/mol. The lowest BCUT2D eigenvalue weighted by molar-refractivity contribution is -0.121. The fraction of sp³-hybridized carbons (Fsp3) is 0.333. The number of aromatic nitrogens is 1. The summed E-state index contributed by atoms with van der Waals surface area (Å²) in [6, 6.07) is 12.1. The van der Waals surface area contributed by atoms with Crippen LogP contribution in [0.2, 0.25) is 5.02 Å². The number of hydrogen-bond acceptors (Lipinski definition) is 5. The number of sulfonamides is 1. The number of para-hydroxylation sites is 1. The smallest absolute Gasteiger partial charge is 0.245 e. The van der Waals surface area contributed by atoms with Gasteiger partial charge in [-0.25, -0.2) is 8.42 Å². The van der Waals surface area contributed by atoms with Crippen LogP contribution in [-0.2, 0) is 14.8 Å². The molecule has 4 rings (SSSR count). The number of halogens is 1. The van der Waals surface area contributed by atoms with Gasteiger partial charge in [0.15, 0.2) is 0 Å². The molecule has 1 unspecified atom stereocenters. The van der Waals surface area contributed by atoms with E-state index in [1.54, 1.807) is 30.5 Å². The number of nitrogens with one attached hydrogen (secondary N) is 1. The van der Waals surface area contributed by atoms with Gasteiger partial charge in [-0.05, 0) is 56.2 Å². The average molecular weight is 487 g/mol. The summed E-state index contributed by atoms with van der Waals surface area (Å²) < 4.78 is 28.2. The minimum absolute atomic E-state index is 0.148. The topological polar surface area (TPSA) is 82.6 Å². The lowest BCUT2D eigenvalue weighted by Gasteiger charge is -2.36. The van der Waals surface area contributed by atoms with Crippen molar-refractivity contribution in [1.29, 1.82) is 0 Å². The molecule has 1 aliphatic rings. The number of hydrogen-bond donors (Lipinski definition) is 1. The molecule has 0 bridgehead atoms. The van der Waals surface area contributed by atoms with Crippen molar-refractivity contribution in [1.82, 2.24) is 14.2 Å². The Balaban J connectivity index is 1.45. The molecule has 1 saturated heterocycles. The van der Waals surface area contributed by atoms with Crippen LogP contribution in [0.15, 0.2) is 53.6 Å². The molecule has 0 radical (unpaired) electrons. The first-order valence-corrected chi connectivity index (χ1v) is 12.7. The molecule has 2 heterocycles. The minimum atomic E-state index is -3.70. The largest absolute Gasteiger partial charge is 0.324 e. The van der Waals surface area contributed by atoms with Crippen molar-refractivity contribution in [2.45, 2.75) is 31.7 Å². The molecular formula is C24H27ClN4O3S. The molecule has 2 aromatic carbocycles. The van der Waals surface area contributed by atoms with Crippen LogP contribution in [0.4, 0.5) is 5.69 Å². The molecule has 1 fully saturated rings. The summed E-state index contributed by atoms with van der Waals surface area (Å²) in [4.78, 5) is 19.4. The zero-order valence-electron chi connectivity index (χ0n) is 18.9. The summed E-state index contributed by atoms with van der Waals surface area (Å²) in [6.45, 7) is 7.19. The fourth-order valence-corrected chi connectivity index (χ4v) is 5.81. The van der Waals surface area contributed by atoms with Gasteiger partial charge in [-0.2, -0.15) is 4.31 Å². The number of rotatable bonds is 5. The van der Waals surface area contributed by atoms with Gasteiger partial charge in [0.25, 0.3) is 0 Å². The highest BCUT2D eigenvalue weighted by Crippen LogP contribution is 2.26. The van der Waals surface area contributed by atoms with Gasteiger partial charge in [0, 0.05) is 48.5 Å². The third-order valence-corrected chi connectivity index (χ3v) is 8.25. The Bertz CT molecular complexity index is 1300. The molecule has 3 aromatic rings. The Kier molecular flexibility index (Phi) is 6.72. The van der Waals surface area contributed by atoms with Crippen molar-refractivity contribution in [2.24, 2.45) is 0 Å². The van der Waals surface area contributed by atoms with Gasteiger partial charge in [0.05, 0.1) is 11.6 Å². The van der Waals surface area contributed by atoms with Gasteiger partial charge in [0.2, 0.25) is 15.9 Å². The van der Waals surface area contributed by atoms with Crippen LogP contribution < -0.4 is 5.32 Å². The van der Waals surface area contributed by atoms with E-state index in [-0.39, 0.29) is 10.8 Å². The molecule has 1 aliphatic heterocycles. The second kappa shape index (κ2) is 9.38. The van der Waals surface area contributed by atoms with Gasteiger partial charge in [-0.1, -0.05) is 29.8 Å². The molecule has 0 saturated carbocycles. The predicted octanol–water partition coefficient (Wildman–Crippen LogP) is 3.84. The normalized spacial score (nSPS) is 16.6. The zero-order chi connectivity index (χ0) is 23.8. The summed E-state index contributed by atoms with van der Waals surface area (Å²) >= 11 is 6.05. The number of fused-ring (bicyclic) bond motifs is 1. The molecule has 0 spiro atoms. The Hall–Kier alpha value is -2.52. The third kappa shape index (κ3) is 4.89. The van der Waals surface area contributed by atoms with E-state index in [2.05, 4.69) is 10.3 Å². The van der Waals surface area contributed by atoms with Crippen LogP contribution in [0.5, 0.6) is 0 Å². The van der Waals surface area contributed by atoms with Crippen LogP contribution in [0.3, 0.4) is 0 Å². The number of benzene rings is 2. The number of pyridine rings is 1. The first kappa shape index (κ1) is 23.6. The molecule has 7 nitrogen and oxygen atoms in total. The van der Waals surface area contributed by atoms with Crippen molar-refractivity contribution >= 4 is 44.1 Å². The average Bonchev–Trinajstić information content (AvgIpc) is 2.80. The van der Waals surface area contributed by atoms with E-state index in [1.807, 2.05) is 43.9 Å². The maximum absolute atomic E-state index is 13.4. The number of piperazine rings is 1. The highest BCUT2D eigenvalue weighted by Gasteiger charge is 2.33. The SMILES string of the molecule is Cc1cnc2c(S(=O)(=O)N3CCN(C(C)C(=O)Nc4cc(Cl)ccc4C)CC3)cccc2c1. The van der Waals surface area contributed by atoms with E-state index in [0.717, 1.165) is 16.5 Å². The van der Waals surface area contributed by atoms with E-state index in [0.29, 0.717) is 42.4 Å². The summed E-state index contributed by atoms with van der Waals surface area (Å²) in [5.41, 5.74) is 3.06. The molecule has 1 N–H and O–H groups in total. The Morgan fingerprint density at radius 3 is 2.55 bits per heavy atom. The molecule has 9 heteroatoms. The van der Waals surface area contributed by atoms with Crippen LogP contribution in [0.1, 0.15) is 18.1 Å². The molecule has 174 valence electrons. The second-order valence-corrected chi connectivity index (χ2v) is 10.7. The van der Waals surface area contributed by atoms with E-state index in [4.69, 9.17) is 11.6 Å². The monoisotopic (exact) mass is 486 g/mol. The summed E-state index contributed by atoms with van der Waals surface area (Å²) in [5.74, 6) is -0.148. The lowest BCUT2D eigenvalue weighted by Crippen LogP contribution is -2.54. The Labute approximate surface area is 199 Å². The van der Waals surface area contributed by atoms with E-state index in [9.17, 15) is 13.2 Å². The number of anilines is 1. The second-order valence-electron chi connectivity index (χ2n) is 8.41. The van der Waals surface area contributed by atoms with Crippen molar-refractivity contribution in [3.8, 4) is 0 Å². The Morgan fingerprint density at radius 1 is 1.09 bits per heavy atom. The zero-order valence-corrected chi connectivity index (χ0v) is 20.4. The Morgan fingerprint density at radius 2 is 1.82 bits per heavy atom. The van der Waals surface area contributed by atoms with Crippen molar-refractivity contribution in [3.63, 3.8) is 0 Å². The van der Waals surface area contributed by atoms with Gasteiger partial charge >= 0.3 is 0 Å². The first-order chi connectivity index (χ1) is 15.7. The summed E-state index contributed by atoms with van der Waals surface area (Å²) in [6.07, 6.45) is 1.68. The lowest BCUT2D eigenvalue weighted by atomic mass is 10.1. The first-order valence-electron chi connectivity index (χ1n) is 10.8. The highest BCUT2D eigenvalue weighted by molar-refractivity contribution is 7.89. The van der Waals surface area contributed by atoms with Gasteiger partial charge < -0.3 is 5.32 Å². The van der Waals surface area contributed by atoms with Crippen LogP contribution >= 0.6 is 11.6 Å². The summed E-state index contributed by atoms with van der Waals surface area (Å²) in [7, 11) is -3.70. The molecule has 33 heavy (non-hydrogen) atoms. The van der Waals surface area contributed by atoms with Crippen molar-refractivity contribution in [2.75, 3.05) is 31.5 Å². The van der Waals surface area contributed by atoms with Gasteiger partial charge in [0.1, 0.15) is 4.90 Å². The van der Waals surface area contributed by atoms with E-state index >= 15 is 0 Å². The maximum Gasteiger partial charge on any atom is 0.245 e. The third-order valence-electron chi connectivity index (χ3n) is 6.09. The van der Waals surface area contributed by atoms with E-state index in [1.165, 1.54) is 4.31 Å². The summed E-state index contributed by atoms with van der Waals surface area (Å²) in [5, 5.41) is 4.29. The van der Waals surface area contributed by atoms with Crippen molar-refractivity contribution < 1.29 is 13.2 Å². The molecular weight excluding hydrogens is 460 g/mol. The van der Waals surface area contributed by atoms with Gasteiger partial charge in [-0.15, -0.1) is 0 Å². The number of aryl methyl sites for hydroxylation is 2. The molecule has 1 amide bonds. The molecule has 1 aromatic heterocycles. The van der Waals surface area contributed by atoms with Crippen LogP contribution in [-0.4, -0.2) is 60.7 Å². The maximum atomic E-state index is 13.4. The van der Waals surface area contributed by atoms with E-state index < -0.39 is 16.1 Å². The number of carbonyl (C=O) groups is 1. The number of carbonyl (C=O) groups excluding carboxylic acids is 1. The van der Waals surface area contributed by atoms with Gasteiger partial charge in [-0.3, -0.25) is 14.7 Å². The number of nitrogens with zero attached hydrogens (tertiary/aromatic N) is 3. The molecule has 0 aliphatic carbocycles. The fourth-order valence-electron chi connectivity index (χ4n) is 4.05. The minimum Gasteiger partial charge on any atom is -0.324 e. The van der Waals surface area contributed by atoms with Crippen LogP contribution in [0, 0.1) is 13.8 Å². The van der Waals surface area contributed by atoms with Crippen molar-refractivity contribution in [3.05, 3.63) is 64.8 Å². The quantitative estimate of drug-likeness (QED) is 0.592.